The lowest BCUT2D eigenvalue weighted by Crippen LogP contribution is -2.29. The minimum atomic E-state index is -0.418. The Balaban J connectivity index is 1.80. The molecule has 2 N–H and O–H groups in total. The lowest BCUT2D eigenvalue weighted by atomic mass is 10.2. The van der Waals surface area contributed by atoms with Gasteiger partial charge >= 0.3 is 0 Å². The molecule has 2 heterocycles. The van der Waals surface area contributed by atoms with Crippen LogP contribution in [0.2, 0.25) is 0 Å². The Bertz CT molecular complexity index is 953. The number of imidazole rings is 1. The van der Waals surface area contributed by atoms with E-state index in [1.54, 1.807) is 48.0 Å². The third-order valence-electron chi connectivity index (χ3n) is 3.92. The maximum atomic E-state index is 13.0. The van der Waals surface area contributed by atoms with Gasteiger partial charge in [0.15, 0.2) is 5.69 Å². The molecule has 2 aromatic heterocycles. The molecule has 0 atom stereocenters. The molecular formula is C19H19FN4O3. The Kier molecular flexibility index (Phi) is 5.77. The van der Waals surface area contributed by atoms with E-state index in [2.05, 4.69) is 15.6 Å². The van der Waals surface area contributed by atoms with Gasteiger partial charge in [-0.05, 0) is 29.8 Å². The van der Waals surface area contributed by atoms with Crippen molar-refractivity contribution in [1.82, 2.24) is 20.0 Å². The second kappa shape index (κ2) is 8.41. The second-order valence-corrected chi connectivity index (χ2v) is 5.80. The van der Waals surface area contributed by atoms with E-state index in [0.29, 0.717) is 18.7 Å². The first-order valence-corrected chi connectivity index (χ1v) is 8.37. The molecule has 2 amide bonds. The van der Waals surface area contributed by atoms with Crippen LogP contribution in [0.3, 0.4) is 0 Å². The Hall–Kier alpha value is -3.26. The summed E-state index contributed by atoms with van der Waals surface area (Å²) >= 11 is 0. The number of hydrogen-bond acceptors (Lipinski definition) is 4. The van der Waals surface area contributed by atoms with Crippen LogP contribution in [0.4, 0.5) is 4.39 Å². The lowest BCUT2D eigenvalue weighted by Gasteiger charge is -2.04. The van der Waals surface area contributed by atoms with Crippen molar-refractivity contribution >= 4 is 17.3 Å². The second-order valence-electron chi connectivity index (χ2n) is 5.80. The topological polar surface area (TPSA) is 84.7 Å². The average molecular weight is 370 g/mol. The van der Waals surface area contributed by atoms with Gasteiger partial charge in [-0.1, -0.05) is 18.2 Å². The predicted molar refractivity (Wildman–Crippen MR) is 97.0 cm³/mol. The molecule has 0 aliphatic rings. The molecule has 7 nitrogen and oxygen atoms in total. The fraction of sp³-hybridized carbons (Fsp3) is 0.211. The van der Waals surface area contributed by atoms with E-state index in [0.717, 1.165) is 5.56 Å². The monoisotopic (exact) mass is 370 g/mol. The number of nitrogens with one attached hydrogen (secondary N) is 2. The SMILES string of the molecule is COCCNC(=O)c1nc(C(=O)NCc2ccc(F)cc2)c2ccccn12. The standard InChI is InChI=1S/C19H19FN4O3/c1-27-11-9-21-19(26)17-23-16(15-4-2-3-10-24(15)17)18(25)22-12-13-5-7-14(20)8-6-13/h2-8,10H,9,11-12H2,1H3,(H,21,26)(H,22,25). The zero-order valence-electron chi connectivity index (χ0n) is 14.7. The molecule has 140 valence electrons. The third-order valence-corrected chi connectivity index (χ3v) is 3.92. The minimum Gasteiger partial charge on any atom is -0.383 e. The molecule has 3 rings (SSSR count). The molecule has 1 aromatic carbocycles. The first-order chi connectivity index (χ1) is 13.1. The number of halogens is 1. The van der Waals surface area contributed by atoms with Gasteiger partial charge in [0.1, 0.15) is 5.82 Å². The molecule has 0 saturated heterocycles. The summed E-state index contributed by atoms with van der Waals surface area (Å²) in [7, 11) is 1.54. The van der Waals surface area contributed by atoms with Crippen LogP contribution in [0.25, 0.3) is 5.52 Å². The van der Waals surface area contributed by atoms with Crippen LogP contribution in [0.15, 0.2) is 48.7 Å². The van der Waals surface area contributed by atoms with E-state index >= 15 is 0 Å². The van der Waals surface area contributed by atoms with Crippen molar-refractivity contribution in [2.24, 2.45) is 0 Å². The number of carbonyl (C=O) groups excluding carboxylic acids is 2. The van der Waals surface area contributed by atoms with E-state index in [1.165, 1.54) is 12.1 Å². The number of rotatable bonds is 7. The fourth-order valence-electron chi connectivity index (χ4n) is 2.58. The van der Waals surface area contributed by atoms with Crippen LogP contribution in [0.1, 0.15) is 26.7 Å². The third kappa shape index (κ3) is 4.29. The highest BCUT2D eigenvalue weighted by Crippen LogP contribution is 2.14. The van der Waals surface area contributed by atoms with Crippen LogP contribution >= 0.6 is 0 Å². The Labute approximate surface area is 155 Å². The average Bonchev–Trinajstić information content (AvgIpc) is 3.07. The highest BCUT2D eigenvalue weighted by molar-refractivity contribution is 6.02. The van der Waals surface area contributed by atoms with Gasteiger partial charge in [0.25, 0.3) is 11.8 Å². The molecule has 3 aromatic rings. The largest absolute Gasteiger partial charge is 0.383 e. The molecule has 0 unspecified atom stereocenters. The van der Waals surface area contributed by atoms with Gasteiger partial charge in [-0.2, -0.15) is 0 Å². The summed E-state index contributed by atoms with van der Waals surface area (Å²) in [5.74, 6) is -1.03. The Morgan fingerprint density at radius 3 is 2.63 bits per heavy atom. The number of hydrogen-bond donors (Lipinski definition) is 2. The van der Waals surface area contributed by atoms with E-state index in [9.17, 15) is 14.0 Å². The molecule has 0 bridgehead atoms. The summed E-state index contributed by atoms with van der Waals surface area (Å²) in [5.41, 5.74) is 1.42. The number of nitrogens with zero attached hydrogens (tertiary/aromatic N) is 2. The summed E-state index contributed by atoms with van der Waals surface area (Å²) in [6.45, 7) is 0.934. The molecule has 0 radical (unpaired) electrons. The van der Waals surface area contributed by atoms with Crippen molar-refractivity contribution in [3.05, 3.63) is 71.6 Å². The highest BCUT2D eigenvalue weighted by atomic mass is 19.1. The van der Waals surface area contributed by atoms with Crippen molar-refractivity contribution in [3.63, 3.8) is 0 Å². The summed E-state index contributed by atoms with van der Waals surface area (Å²) in [6.07, 6.45) is 1.67. The number of fused-ring (bicyclic) bond motifs is 1. The van der Waals surface area contributed by atoms with E-state index < -0.39 is 11.8 Å². The summed E-state index contributed by atoms with van der Waals surface area (Å²) in [4.78, 5) is 29.2. The quantitative estimate of drug-likeness (QED) is 0.621. The van der Waals surface area contributed by atoms with E-state index in [1.807, 2.05) is 0 Å². The zero-order chi connectivity index (χ0) is 19.2. The minimum absolute atomic E-state index is 0.119. The van der Waals surface area contributed by atoms with Crippen LogP contribution in [0, 0.1) is 5.82 Å². The van der Waals surface area contributed by atoms with Gasteiger partial charge in [0.05, 0.1) is 12.1 Å². The first kappa shape index (κ1) is 18.5. The highest BCUT2D eigenvalue weighted by Gasteiger charge is 2.21. The first-order valence-electron chi connectivity index (χ1n) is 8.37. The zero-order valence-corrected chi connectivity index (χ0v) is 14.7. The molecule has 0 fully saturated rings. The Morgan fingerprint density at radius 2 is 1.89 bits per heavy atom. The maximum Gasteiger partial charge on any atom is 0.287 e. The fourth-order valence-corrected chi connectivity index (χ4v) is 2.58. The van der Waals surface area contributed by atoms with Crippen LogP contribution in [0.5, 0.6) is 0 Å². The number of methoxy groups -OCH3 is 1. The number of benzene rings is 1. The summed E-state index contributed by atoms with van der Waals surface area (Å²) in [5, 5.41) is 5.44. The van der Waals surface area contributed by atoms with Gasteiger partial charge in [-0.3, -0.25) is 14.0 Å². The van der Waals surface area contributed by atoms with Crippen molar-refractivity contribution in [3.8, 4) is 0 Å². The van der Waals surface area contributed by atoms with E-state index in [4.69, 9.17) is 4.74 Å². The molecule has 0 aliphatic carbocycles. The number of pyridine rings is 1. The number of ether oxygens (including phenoxy) is 1. The number of carbonyl (C=O) groups is 2. The van der Waals surface area contributed by atoms with Gasteiger partial charge in [0, 0.05) is 26.4 Å². The molecule has 27 heavy (non-hydrogen) atoms. The summed E-state index contributed by atoms with van der Waals surface area (Å²) in [6, 6.07) is 11.1. The molecule has 0 saturated carbocycles. The van der Waals surface area contributed by atoms with Gasteiger partial charge in [-0.25, -0.2) is 9.37 Å². The van der Waals surface area contributed by atoms with Gasteiger partial charge in [-0.15, -0.1) is 0 Å². The van der Waals surface area contributed by atoms with Crippen LogP contribution in [-0.2, 0) is 11.3 Å². The number of aromatic nitrogens is 2. The Morgan fingerprint density at radius 1 is 1.11 bits per heavy atom. The lowest BCUT2D eigenvalue weighted by molar-refractivity contribution is 0.0926. The molecule has 0 aliphatic heterocycles. The van der Waals surface area contributed by atoms with E-state index in [-0.39, 0.29) is 23.9 Å². The van der Waals surface area contributed by atoms with Crippen LogP contribution < -0.4 is 10.6 Å². The van der Waals surface area contributed by atoms with Crippen molar-refractivity contribution in [2.75, 3.05) is 20.3 Å². The molecule has 0 spiro atoms. The van der Waals surface area contributed by atoms with Crippen molar-refractivity contribution in [1.29, 1.82) is 0 Å². The van der Waals surface area contributed by atoms with Crippen LogP contribution in [-0.4, -0.2) is 41.5 Å². The summed E-state index contributed by atoms with van der Waals surface area (Å²) < 4.78 is 19.4. The maximum absolute atomic E-state index is 13.0. The normalized spacial score (nSPS) is 10.7. The van der Waals surface area contributed by atoms with Crippen molar-refractivity contribution in [2.45, 2.75) is 6.54 Å². The predicted octanol–water partition coefficient (Wildman–Crippen LogP) is 1.78. The van der Waals surface area contributed by atoms with Gasteiger partial charge in [0.2, 0.25) is 5.82 Å². The molecular weight excluding hydrogens is 351 g/mol. The number of amides is 2. The van der Waals surface area contributed by atoms with Crippen molar-refractivity contribution < 1.29 is 18.7 Å². The van der Waals surface area contributed by atoms with Gasteiger partial charge < -0.3 is 15.4 Å². The molecule has 8 heteroatoms. The smallest absolute Gasteiger partial charge is 0.287 e.